The minimum absolute atomic E-state index is 0.332. The van der Waals surface area contributed by atoms with E-state index in [2.05, 4.69) is 18.2 Å². The van der Waals surface area contributed by atoms with Crippen LogP contribution >= 0.6 is 0 Å². The van der Waals surface area contributed by atoms with Crippen LogP contribution in [0.15, 0.2) is 23.8 Å². The minimum Gasteiger partial charge on any atom is -0.481 e. The molecule has 0 heterocycles. The molecule has 3 heteroatoms. The zero-order valence-corrected chi connectivity index (χ0v) is 19.4. The molecule has 0 spiro atoms. The number of carboxylic acid groups (broad SMARTS) is 1. The van der Waals surface area contributed by atoms with Crippen molar-refractivity contribution in [2.45, 2.75) is 135 Å². The van der Waals surface area contributed by atoms with E-state index in [-0.39, 0.29) is 0 Å². The van der Waals surface area contributed by atoms with Gasteiger partial charge in [-0.2, -0.15) is 0 Å². The van der Waals surface area contributed by atoms with Crippen LogP contribution in [0.4, 0.5) is 0 Å². The number of carbonyl (C=O) groups is 1. The summed E-state index contributed by atoms with van der Waals surface area (Å²) in [5.41, 5.74) is 2.45. The van der Waals surface area contributed by atoms with Crippen molar-refractivity contribution >= 4 is 11.7 Å². The molecule has 1 saturated carbocycles. The molecule has 30 heavy (non-hydrogen) atoms. The number of allylic oxidation sites excluding steroid dienone is 4. The van der Waals surface area contributed by atoms with Gasteiger partial charge in [0.05, 0.1) is 0 Å². The molecular formula is C27H47NO2. The molecule has 0 amide bonds. The van der Waals surface area contributed by atoms with Crippen molar-refractivity contribution in [3.05, 3.63) is 23.8 Å². The summed E-state index contributed by atoms with van der Waals surface area (Å²) < 4.78 is 0. The van der Waals surface area contributed by atoms with Gasteiger partial charge in [0.1, 0.15) is 0 Å². The van der Waals surface area contributed by atoms with Crippen LogP contribution in [0.5, 0.6) is 0 Å². The van der Waals surface area contributed by atoms with Crippen molar-refractivity contribution in [2.75, 3.05) is 0 Å². The van der Waals surface area contributed by atoms with E-state index in [0.717, 1.165) is 31.4 Å². The van der Waals surface area contributed by atoms with E-state index in [1.54, 1.807) is 0 Å². The van der Waals surface area contributed by atoms with Gasteiger partial charge < -0.3 is 10.5 Å². The molecule has 3 nitrogen and oxygen atoms in total. The fraction of sp³-hybridized carbons (Fsp3) is 0.778. The average Bonchev–Trinajstić information content (AvgIpc) is 2.72. The van der Waals surface area contributed by atoms with Gasteiger partial charge in [-0.15, -0.1) is 0 Å². The van der Waals surface area contributed by atoms with Crippen LogP contribution < -0.4 is 0 Å². The van der Waals surface area contributed by atoms with Crippen LogP contribution in [-0.2, 0) is 4.79 Å². The molecule has 1 rings (SSSR count). The van der Waals surface area contributed by atoms with Crippen LogP contribution in [0.2, 0.25) is 0 Å². The fourth-order valence-corrected chi connectivity index (χ4v) is 4.23. The molecular weight excluding hydrogens is 370 g/mol. The molecule has 0 aliphatic heterocycles. The van der Waals surface area contributed by atoms with Crippen LogP contribution in [0.25, 0.3) is 0 Å². The number of carboxylic acids is 1. The molecule has 0 radical (unpaired) electrons. The number of nitrogens with one attached hydrogen (secondary N) is 1. The van der Waals surface area contributed by atoms with Crippen LogP contribution in [-0.4, -0.2) is 16.8 Å². The topological polar surface area (TPSA) is 61.2 Å². The molecule has 0 bridgehead atoms. The normalized spacial score (nSPS) is 16.0. The van der Waals surface area contributed by atoms with Gasteiger partial charge in [0.25, 0.3) is 0 Å². The summed E-state index contributed by atoms with van der Waals surface area (Å²) in [6, 6.07) is 0. The van der Waals surface area contributed by atoms with Crippen molar-refractivity contribution < 1.29 is 9.90 Å². The molecule has 2 N–H and O–H groups in total. The standard InChI is InChI=1S/C27H47NO2/c28-26-22-19-21-25(24-26)20-17-15-13-11-9-7-5-3-1-2-4-6-8-10-12-14-16-18-23-27(29)30/h1,3,20,28H,2,4-19,21-24H2,(H,29,30). The van der Waals surface area contributed by atoms with Crippen LogP contribution in [0.1, 0.15) is 135 Å². The van der Waals surface area contributed by atoms with Gasteiger partial charge >= 0.3 is 5.97 Å². The van der Waals surface area contributed by atoms with Gasteiger partial charge in [-0.25, -0.2) is 0 Å². The Bertz CT molecular complexity index is 507. The van der Waals surface area contributed by atoms with E-state index in [1.165, 1.54) is 108 Å². The Balaban J connectivity index is 1.75. The number of hydrogen-bond donors (Lipinski definition) is 2. The van der Waals surface area contributed by atoms with E-state index in [0.29, 0.717) is 6.42 Å². The summed E-state index contributed by atoms with van der Waals surface area (Å²) in [5, 5.41) is 16.4. The Labute approximate surface area is 185 Å². The minimum atomic E-state index is -0.662. The predicted octanol–water partition coefficient (Wildman–Crippen LogP) is 8.78. The molecule has 0 aromatic heterocycles. The highest BCUT2D eigenvalue weighted by Gasteiger charge is 2.09. The van der Waals surface area contributed by atoms with Crippen LogP contribution in [0, 0.1) is 5.41 Å². The van der Waals surface area contributed by atoms with Crippen molar-refractivity contribution in [3.8, 4) is 0 Å². The van der Waals surface area contributed by atoms with Gasteiger partial charge in [-0.1, -0.05) is 81.6 Å². The van der Waals surface area contributed by atoms with E-state index in [1.807, 2.05) is 0 Å². The molecule has 1 aliphatic carbocycles. The van der Waals surface area contributed by atoms with E-state index in [9.17, 15) is 4.79 Å². The second-order valence-electron chi connectivity index (χ2n) is 9.07. The summed E-state index contributed by atoms with van der Waals surface area (Å²) in [6.07, 6.45) is 31.9. The molecule has 0 aromatic carbocycles. The first-order valence-corrected chi connectivity index (χ1v) is 12.8. The van der Waals surface area contributed by atoms with E-state index < -0.39 is 5.97 Å². The second kappa shape index (κ2) is 19.6. The SMILES string of the molecule is N=C1CCCC(=CCCCCCCCC=CCCCCCCCCCCC(=O)O)C1. The first kappa shape index (κ1) is 26.7. The Morgan fingerprint density at radius 1 is 0.733 bits per heavy atom. The summed E-state index contributed by atoms with van der Waals surface area (Å²) in [5.74, 6) is -0.662. The number of rotatable bonds is 19. The third-order valence-electron chi connectivity index (χ3n) is 6.10. The third kappa shape index (κ3) is 17.5. The highest BCUT2D eigenvalue weighted by atomic mass is 16.4. The van der Waals surface area contributed by atoms with Gasteiger partial charge in [-0.05, 0) is 64.2 Å². The highest BCUT2D eigenvalue weighted by molar-refractivity contribution is 5.84. The van der Waals surface area contributed by atoms with Crippen molar-refractivity contribution in [1.29, 1.82) is 5.41 Å². The zero-order valence-electron chi connectivity index (χ0n) is 19.4. The lowest BCUT2D eigenvalue weighted by Gasteiger charge is -2.14. The predicted molar refractivity (Wildman–Crippen MR) is 130 cm³/mol. The smallest absolute Gasteiger partial charge is 0.303 e. The monoisotopic (exact) mass is 417 g/mol. The second-order valence-corrected chi connectivity index (χ2v) is 9.07. The summed E-state index contributed by atoms with van der Waals surface area (Å²) >= 11 is 0. The van der Waals surface area contributed by atoms with E-state index >= 15 is 0 Å². The highest BCUT2D eigenvalue weighted by Crippen LogP contribution is 2.21. The molecule has 1 fully saturated rings. The fourth-order valence-electron chi connectivity index (χ4n) is 4.23. The largest absolute Gasteiger partial charge is 0.481 e. The molecule has 0 aromatic rings. The maximum Gasteiger partial charge on any atom is 0.303 e. The Kier molecular flexibility index (Phi) is 17.4. The van der Waals surface area contributed by atoms with Gasteiger partial charge in [0.2, 0.25) is 0 Å². The molecule has 172 valence electrons. The number of unbranched alkanes of at least 4 members (excludes halogenated alkanes) is 14. The maximum absolute atomic E-state index is 10.4. The maximum atomic E-state index is 10.4. The molecule has 0 unspecified atom stereocenters. The molecule has 0 saturated heterocycles. The summed E-state index contributed by atoms with van der Waals surface area (Å²) in [4.78, 5) is 10.4. The Morgan fingerprint density at radius 3 is 1.77 bits per heavy atom. The van der Waals surface area contributed by atoms with Gasteiger partial charge in [0, 0.05) is 18.6 Å². The van der Waals surface area contributed by atoms with Gasteiger partial charge in [-0.3, -0.25) is 4.79 Å². The van der Waals surface area contributed by atoms with Crippen molar-refractivity contribution in [2.24, 2.45) is 0 Å². The van der Waals surface area contributed by atoms with Crippen molar-refractivity contribution in [3.63, 3.8) is 0 Å². The average molecular weight is 418 g/mol. The number of aliphatic carboxylic acids is 1. The lowest BCUT2D eigenvalue weighted by Crippen LogP contribution is -2.05. The first-order valence-electron chi connectivity index (χ1n) is 12.8. The van der Waals surface area contributed by atoms with Crippen molar-refractivity contribution in [1.82, 2.24) is 0 Å². The van der Waals surface area contributed by atoms with E-state index in [4.69, 9.17) is 10.5 Å². The Hall–Kier alpha value is -1.38. The summed E-state index contributed by atoms with van der Waals surface area (Å²) in [7, 11) is 0. The lowest BCUT2D eigenvalue weighted by atomic mass is 9.92. The quantitative estimate of drug-likeness (QED) is 0.163. The lowest BCUT2D eigenvalue weighted by molar-refractivity contribution is -0.137. The molecule has 1 aliphatic rings. The number of hydrogen-bond acceptors (Lipinski definition) is 2. The summed E-state index contributed by atoms with van der Waals surface area (Å²) in [6.45, 7) is 0. The Morgan fingerprint density at radius 2 is 1.23 bits per heavy atom. The third-order valence-corrected chi connectivity index (χ3v) is 6.10. The molecule has 0 atom stereocenters. The van der Waals surface area contributed by atoms with Gasteiger partial charge in [0.15, 0.2) is 0 Å². The van der Waals surface area contributed by atoms with Crippen LogP contribution in [0.3, 0.4) is 0 Å². The first-order chi connectivity index (χ1) is 14.7. The zero-order chi connectivity index (χ0) is 21.7.